The van der Waals surface area contributed by atoms with Gasteiger partial charge in [-0.2, -0.15) is 0 Å². The SMILES string of the molecule is CC(O)c1nnc(C2CC(NC(=O)c3cc(-c4ccc(F)cc4)no3)C2)o1. The number of amides is 1. The van der Waals surface area contributed by atoms with E-state index < -0.39 is 6.10 Å². The van der Waals surface area contributed by atoms with E-state index in [1.807, 2.05) is 0 Å². The van der Waals surface area contributed by atoms with Crippen LogP contribution in [-0.4, -0.2) is 32.4 Å². The number of hydrogen-bond donors (Lipinski definition) is 2. The zero-order valence-electron chi connectivity index (χ0n) is 14.4. The molecule has 1 saturated carbocycles. The average Bonchev–Trinajstić information content (AvgIpc) is 3.28. The molecular formula is C18H17FN4O4. The summed E-state index contributed by atoms with van der Waals surface area (Å²) in [6.07, 6.45) is 0.515. The van der Waals surface area contributed by atoms with Crippen LogP contribution in [0.3, 0.4) is 0 Å². The number of rotatable bonds is 5. The van der Waals surface area contributed by atoms with Crippen molar-refractivity contribution < 1.29 is 23.2 Å². The summed E-state index contributed by atoms with van der Waals surface area (Å²) in [5, 5.41) is 23.9. The number of nitrogens with zero attached hydrogens (tertiary/aromatic N) is 3. The Morgan fingerprint density at radius 2 is 2.04 bits per heavy atom. The van der Waals surface area contributed by atoms with E-state index in [-0.39, 0.29) is 35.3 Å². The van der Waals surface area contributed by atoms with Gasteiger partial charge in [0, 0.05) is 23.6 Å². The van der Waals surface area contributed by atoms with E-state index in [0.29, 0.717) is 30.0 Å². The lowest BCUT2D eigenvalue weighted by atomic mass is 9.80. The summed E-state index contributed by atoms with van der Waals surface area (Å²) in [6, 6.07) is 7.25. The molecular weight excluding hydrogens is 355 g/mol. The molecule has 1 aliphatic rings. The number of nitrogens with one attached hydrogen (secondary N) is 1. The number of halogens is 1. The lowest BCUT2D eigenvalue weighted by Crippen LogP contribution is -2.43. The van der Waals surface area contributed by atoms with Crippen LogP contribution in [0.5, 0.6) is 0 Å². The zero-order chi connectivity index (χ0) is 19.0. The van der Waals surface area contributed by atoms with Crippen LogP contribution in [0.15, 0.2) is 39.3 Å². The molecule has 9 heteroatoms. The number of hydrogen-bond acceptors (Lipinski definition) is 7. The van der Waals surface area contributed by atoms with Gasteiger partial charge in [-0.15, -0.1) is 10.2 Å². The second-order valence-corrected chi connectivity index (χ2v) is 6.58. The number of carbonyl (C=O) groups is 1. The molecule has 3 aromatic rings. The Hall–Kier alpha value is -3.07. The molecule has 27 heavy (non-hydrogen) atoms. The normalized spacial score (nSPS) is 20.1. The predicted molar refractivity (Wildman–Crippen MR) is 90.1 cm³/mol. The topological polar surface area (TPSA) is 114 Å². The van der Waals surface area contributed by atoms with Gasteiger partial charge >= 0.3 is 0 Å². The van der Waals surface area contributed by atoms with Crippen molar-refractivity contribution in [2.24, 2.45) is 0 Å². The van der Waals surface area contributed by atoms with E-state index in [0.717, 1.165) is 0 Å². The summed E-state index contributed by atoms with van der Waals surface area (Å²) < 4.78 is 23.5. The average molecular weight is 372 g/mol. The van der Waals surface area contributed by atoms with Gasteiger partial charge in [0.2, 0.25) is 17.5 Å². The quantitative estimate of drug-likeness (QED) is 0.707. The molecule has 1 aliphatic carbocycles. The van der Waals surface area contributed by atoms with Gasteiger partial charge in [0.1, 0.15) is 17.6 Å². The summed E-state index contributed by atoms with van der Waals surface area (Å²) in [4.78, 5) is 12.3. The molecule has 1 fully saturated rings. The lowest BCUT2D eigenvalue weighted by molar-refractivity contribution is 0.0864. The Balaban J connectivity index is 1.33. The Labute approximate surface area is 153 Å². The summed E-state index contributed by atoms with van der Waals surface area (Å²) in [5.41, 5.74) is 1.12. The lowest BCUT2D eigenvalue weighted by Gasteiger charge is -2.33. The molecule has 2 heterocycles. The predicted octanol–water partition coefficient (Wildman–Crippen LogP) is 2.59. The highest BCUT2D eigenvalue weighted by Crippen LogP contribution is 2.36. The molecule has 2 aromatic heterocycles. The standard InChI is InChI=1S/C18H17FN4O4/c1-9(24)17-21-22-18(26-17)11-6-13(7-11)20-16(25)15-8-14(23-27-15)10-2-4-12(19)5-3-10/h2-5,8-9,11,13,24H,6-7H2,1H3,(H,20,25). The van der Waals surface area contributed by atoms with Crippen LogP contribution in [0.1, 0.15) is 54.1 Å². The van der Waals surface area contributed by atoms with Crippen LogP contribution in [-0.2, 0) is 0 Å². The number of carbonyl (C=O) groups excluding carboxylic acids is 1. The third-order valence-corrected chi connectivity index (χ3v) is 4.51. The van der Waals surface area contributed by atoms with Crippen molar-refractivity contribution in [2.45, 2.75) is 37.8 Å². The van der Waals surface area contributed by atoms with Crippen molar-refractivity contribution >= 4 is 5.91 Å². The first kappa shape index (κ1) is 17.3. The van der Waals surface area contributed by atoms with Gasteiger partial charge in [0.25, 0.3) is 5.91 Å². The van der Waals surface area contributed by atoms with E-state index in [1.54, 1.807) is 19.1 Å². The van der Waals surface area contributed by atoms with Crippen molar-refractivity contribution in [1.82, 2.24) is 20.7 Å². The van der Waals surface area contributed by atoms with Crippen molar-refractivity contribution in [3.63, 3.8) is 0 Å². The van der Waals surface area contributed by atoms with Crippen molar-refractivity contribution in [2.75, 3.05) is 0 Å². The van der Waals surface area contributed by atoms with E-state index in [9.17, 15) is 14.3 Å². The fraction of sp³-hybridized carbons (Fsp3) is 0.333. The first-order valence-corrected chi connectivity index (χ1v) is 8.54. The maximum Gasteiger partial charge on any atom is 0.290 e. The number of aliphatic hydroxyl groups is 1. The molecule has 1 atom stereocenters. The fourth-order valence-corrected chi connectivity index (χ4v) is 2.91. The van der Waals surface area contributed by atoms with E-state index in [1.165, 1.54) is 18.2 Å². The fourth-order valence-electron chi connectivity index (χ4n) is 2.91. The molecule has 0 radical (unpaired) electrons. The maximum atomic E-state index is 13.0. The van der Waals surface area contributed by atoms with Crippen LogP contribution in [0.4, 0.5) is 4.39 Å². The second-order valence-electron chi connectivity index (χ2n) is 6.58. The highest BCUT2D eigenvalue weighted by Gasteiger charge is 2.36. The molecule has 1 unspecified atom stereocenters. The van der Waals surface area contributed by atoms with E-state index in [4.69, 9.17) is 8.94 Å². The Bertz CT molecular complexity index is 944. The van der Waals surface area contributed by atoms with Crippen LogP contribution < -0.4 is 5.32 Å². The third-order valence-electron chi connectivity index (χ3n) is 4.51. The van der Waals surface area contributed by atoms with Gasteiger partial charge in [0.05, 0.1) is 0 Å². The minimum absolute atomic E-state index is 0.0382. The molecule has 2 N–H and O–H groups in total. The Kier molecular flexibility index (Phi) is 4.44. The number of aromatic nitrogens is 3. The Morgan fingerprint density at radius 3 is 2.70 bits per heavy atom. The minimum atomic E-state index is -0.802. The molecule has 0 spiro atoms. The molecule has 8 nitrogen and oxygen atoms in total. The summed E-state index contributed by atoms with van der Waals surface area (Å²) >= 11 is 0. The molecule has 1 amide bonds. The van der Waals surface area contributed by atoms with E-state index in [2.05, 4.69) is 20.7 Å². The van der Waals surface area contributed by atoms with Crippen LogP contribution in [0, 0.1) is 5.82 Å². The van der Waals surface area contributed by atoms with Gasteiger partial charge in [-0.05, 0) is 44.0 Å². The van der Waals surface area contributed by atoms with Gasteiger partial charge in [-0.1, -0.05) is 5.16 Å². The smallest absolute Gasteiger partial charge is 0.290 e. The monoisotopic (exact) mass is 372 g/mol. The van der Waals surface area contributed by atoms with Gasteiger partial charge < -0.3 is 19.4 Å². The van der Waals surface area contributed by atoms with Crippen molar-refractivity contribution in [3.8, 4) is 11.3 Å². The van der Waals surface area contributed by atoms with Crippen LogP contribution in [0.25, 0.3) is 11.3 Å². The molecule has 1 aromatic carbocycles. The first-order chi connectivity index (χ1) is 13.0. The second kappa shape index (κ2) is 6.92. The molecule has 0 bridgehead atoms. The maximum absolute atomic E-state index is 13.0. The number of benzene rings is 1. The van der Waals surface area contributed by atoms with Crippen LogP contribution in [0.2, 0.25) is 0 Å². The summed E-state index contributed by atoms with van der Waals surface area (Å²) in [7, 11) is 0. The molecule has 140 valence electrons. The highest BCUT2D eigenvalue weighted by atomic mass is 19.1. The van der Waals surface area contributed by atoms with Gasteiger partial charge in [0.15, 0.2) is 0 Å². The van der Waals surface area contributed by atoms with Gasteiger partial charge in [-0.25, -0.2) is 4.39 Å². The highest BCUT2D eigenvalue weighted by molar-refractivity contribution is 5.92. The third kappa shape index (κ3) is 3.59. The van der Waals surface area contributed by atoms with Crippen molar-refractivity contribution in [1.29, 1.82) is 0 Å². The summed E-state index contributed by atoms with van der Waals surface area (Å²) in [5.74, 6) is 0.0879. The summed E-state index contributed by atoms with van der Waals surface area (Å²) in [6.45, 7) is 1.55. The molecule has 0 saturated heterocycles. The number of aliphatic hydroxyl groups excluding tert-OH is 1. The molecule has 4 rings (SSSR count). The van der Waals surface area contributed by atoms with Crippen LogP contribution >= 0.6 is 0 Å². The first-order valence-electron chi connectivity index (χ1n) is 8.54. The van der Waals surface area contributed by atoms with E-state index >= 15 is 0 Å². The Morgan fingerprint density at radius 1 is 1.30 bits per heavy atom. The molecule has 0 aliphatic heterocycles. The zero-order valence-corrected chi connectivity index (χ0v) is 14.4. The van der Waals surface area contributed by atoms with Gasteiger partial charge in [-0.3, -0.25) is 4.79 Å². The minimum Gasteiger partial charge on any atom is -0.422 e. The largest absolute Gasteiger partial charge is 0.422 e. The van der Waals surface area contributed by atoms with Crippen molar-refractivity contribution in [3.05, 3.63) is 53.7 Å².